The maximum Gasteiger partial charge on any atom is 0.166 e. The summed E-state index contributed by atoms with van der Waals surface area (Å²) in [6.07, 6.45) is 2.39. The van der Waals surface area contributed by atoms with E-state index in [1.165, 1.54) is 6.33 Å². The fourth-order valence-electron chi connectivity index (χ4n) is 1.54. The summed E-state index contributed by atoms with van der Waals surface area (Å²) < 4.78 is 28.2. The third-order valence-electron chi connectivity index (χ3n) is 2.25. The van der Waals surface area contributed by atoms with E-state index in [-0.39, 0.29) is 5.56 Å². The Balaban J connectivity index is 2.49. The van der Waals surface area contributed by atoms with E-state index in [2.05, 4.69) is 10.2 Å². The van der Waals surface area contributed by atoms with Crippen molar-refractivity contribution in [2.45, 2.75) is 19.9 Å². The summed E-state index contributed by atoms with van der Waals surface area (Å²) >= 11 is 0. The summed E-state index contributed by atoms with van der Waals surface area (Å²) in [5.41, 5.74) is 0.144. The summed E-state index contributed by atoms with van der Waals surface area (Å²) in [5, 5.41) is 7.53. The van der Waals surface area contributed by atoms with E-state index in [9.17, 15) is 8.78 Å². The minimum absolute atomic E-state index is 0.144. The molecular weight excluding hydrogens is 212 g/mol. The Kier molecular flexibility index (Phi) is 2.94. The molecule has 1 aromatic carbocycles. The Bertz CT molecular complexity index is 494. The van der Waals surface area contributed by atoms with Crippen LogP contribution in [0.2, 0.25) is 0 Å². The van der Waals surface area contributed by atoms with Crippen molar-refractivity contribution in [2.24, 2.45) is 0 Å². The standard InChI is InChI=1S/C11H11F2N3/c1-2-5-16-7-14-15-11(16)9-6-8(12)3-4-10(9)13/h3-4,6-7H,2,5H2,1H3. The van der Waals surface area contributed by atoms with Crippen LogP contribution < -0.4 is 0 Å². The fraction of sp³-hybridized carbons (Fsp3) is 0.273. The van der Waals surface area contributed by atoms with Gasteiger partial charge in [-0.2, -0.15) is 0 Å². The average molecular weight is 223 g/mol. The van der Waals surface area contributed by atoms with Crippen LogP contribution in [0.1, 0.15) is 13.3 Å². The molecule has 1 aromatic heterocycles. The zero-order chi connectivity index (χ0) is 11.5. The highest BCUT2D eigenvalue weighted by molar-refractivity contribution is 5.55. The van der Waals surface area contributed by atoms with Crippen LogP contribution in [0.15, 0.2) is 24.5 Å². The number of aryl methyl sites for hydroxylation is 1. The third kappa shape index (κ3) is 1.93. The minimum Gasteiger partial charge on any atom is -0.314 e. The predicted molar refractivity (Wildman–Crippen MR) is 55.7 cm³/mol. The molecule has 16 heavy (non-hydrogen) atoms. The predicted octanol–water partition coefficient (Wildman–Crippen LogP) is 2.63. The summed E-state index contributed by atoms with van der Waals surface area (Å²) in [4.78, 5) is 0. The number of nitrogens with zero attached hydrogens (tertiary/aromatic N) is 3. The summed E-state index contributed by atoms with van der Waals surface area (Å²) in [6.45, 7) is 2.67. The molecule has 0 fully saturated rings. The van der Waals surface area contributed by atoms with Crippen LogP contribution in [-0.4, -0.2) is 14.8 Å². The molecule has 2 rings (SSSR count). The lowest BCUT2D eigenvalue weighted by atomic mass is 10.2. The molecule has 0 unspecified atom stereocenters. The number of aromatic nitrogens is 3. The number of rotatable bonds is 3. The van der Waals surface area contributed by atoms with Crippen molar-refractivity contribution in [3.63, 3.8) is 0 Å². The lowest BCUT2D eigenvalue weighted by molar-refractivity contribution is 0.598. The number of hydrogen-bond acceptors (Lipinski definition) is 2. The second-order valence-corrected chi connectivity index (χ2v) is 3.47. The van der Waals surface area contributed by atoms with Gasteiger partial charge < -0.3 is 4.57 Å². The van der Waals surface area contributed by atoms with Gasteiger partial charge in [0.2, 0.25) is 0 Å². The fourth-order valence-corrected chi connectivity index (χ4v) is 1.54. The van der Waals surface area contributed by atoms with E-state index in [1.54, 1.807) is 4.57 Å². The maximum absolute atomic E-state index is 13.5. The van der Waals surface area contributed by atoms with E-state index < -0.39 is 11.6 Å². The summed E-state index contributed by atoms with van der Waals surface area (Å²) in [6, 6.07) is 3.31. The van der Waals surface area contributed by atoms with Crippen molar-refractivity contribution in [3.05, 3.63) is 36.2 Å². The van der Waals surface area contributed by atoms with Gasteiger partial charge >= 0.3 is 0 Å². The Hall–Kier alpha value is -1.78. The van der Waals surface area contributed by atoms with Gasteiger partial charge in [-0.1, -0.05) is 6.92 Å². The number of benzene rings is 1. The molecule has 0 amide bonds. The molecule has 0 atom stereocenters. The molecule has 0 bridgehead atoms. The van der Waals surface area contributed by atoms with Gasteiger partial charge in [0.05, 0.1) is 5.56 Å². The van der Waals surface area contributed by atoms with Crippen molar-refractivity contribution in [1.82, 2.24) is 14.8 Å². The molecule has 0 spiro atoms. The van der Waals surface area contributed by atoms with E-state index in [0.29, 0.717) is 12.4 Å². The zero-order valence-corrected chi connectivity index (χ0v) is 8.82. The van der Waals surface area contributed by atoms with Crippen LogP contribution in [0.3, 0.4) is 0 Å². The molecule has 84 valence electrons. The first kappa shape index (κ1) is 10.7. The molecule has 3 nitrogen and oxygen atoms in total. The van der Waals surface area contributed by atoms with Crippen molar-refractivity contribution in [2.75, 3.05) is 0 Å². The van der Waals surface area contributed by atoms with Crippen molar-refractivity contribution in [3.8, 4) is 11.4 Å². The smallest absolute Gasteiger partial charge is 0.166 e. The highest BCUT2D eigenvalue weighted by Crippen LogP contribution is 2.21. The normalized spacial score (nSPS) is 10.7. The van der Waals surface area contributed by atoms with E-state index in [0.717, 1.165) is 24.6 Å². The molecule has 0 saturated heterocycles. The highest BCUT2D eigenvalue weighted by atomic mass is 19.1. The molecule has 0 aliphatic heterocycles. The Morgan fingerprint density at radius 1 is 1.31 bits per heavy atom. The van der Waals surface area contributed by atoms with Gasteiger partial charge in [0, 0.05) is 6.54 Å². The Morgan fingerprint density at radius 3 is 2.88 bits per heavy atom. The summed E-state index contributed by atoms with van der Waals surface area (Å²) in [5.74, 6) is -0.618. The van der Waals surface area contributed by atoms with E-state index in [4.69, 9.17) is 0 Å². The van der Waals surface area contributed by atoms with Gasteiger partial charge in [0.15, 0.2) is 5.82 Å². The van der Waals surface area contributed by atoms with Crippen LogP contribution in [0, 0.1) is 11.6 Å². The largest absolute Gasteiger partial charge is 0.314 e. The molecule has 0 radical (unpaired) electrons. The van der Waals surface area contributed by atoms with Crippen LogP contribution in [0.5, 0.6) is 0 Å². The molecule has 0 saturated carbocycles. The molecule has 5 heteroatoms. The average Bonchev–Trinajstić information content (AvgIpc) is 2.70. The lowest BCUT2D eigenvalue weighted by Crippen LogP contribution is -2.00. The number of halogens is 2. The molecule has 1 heterocycles. The van der Waals surface area contributed by atoms with Crippen molar-refractivity contribution in [1.29, 1.82) is 0 Å². The van der Waals surface area contributed by atoms with Gasteiger partial charge in [0.1, 0.15) is 18.0 Å². The maximum atomic E-state index is 13.5. The Morgan fingerprint density at radius 2 is 2.12 bits per heavy atom. The molecule has 0 N–H and O–H groups in total. The van der Waals surface area contributed by atoms with Crippen molar-refractivity contribution >= 4 is 0 Å². The van der Waals surface area contributed by atoms with E-state index >= 15 is 0 Å². The highest BCUT2D eigenvalue weighted by Gasteiger charge is 2.12. The first-order valence-electron chi connectivity index (χ1n) is 5.05. The van der Waals surface area contributed by atoms with Crippen LogP contribution in [0.4, 0.5) is 8.78 Å². The van der Waals surface area contributed by atoms with Gasteiger partial charge in [-0.3, -0.25) is 0 Å². The van der Waals surface area contributed by atoms with Crippen LogP contribution >= 0.6 is 0 Å². The SMILES string of the molecule is CCCn1cnnc1-c1cc(F)ccc1F. The zero-order valence-electron chi connectivity index (χ0n) is 8.82. The van der Waals surface area contributed by atoms with Crippen LogP contribution in [0.25, 0.3) is 11.4 Å². The first-order chi connectivity index (χ1) is 7.72. The molecule has 0 aliphatic carbocycles. The van der Waals surface area contributed by atoms with Gasteiger partial charge in [0.25, 0.3) is 0 Å². The van der Waals surface area contributed by atoms with Gasteiger partial charge in [-0.05, 0) is 24.6 Å². The second kappa shape index (κ2) is 4.38. The molecule has 0 aliphatic rings. The molecule has 2 aromatic rings. The van der Waals surface area contributed by atoms with Crippen LogP contribution in [-0.2, 0) is 6.54 Å². The quantitative estimate of drug-likeness (QED) is 0.800. The van der Waals surface area contributed by atoms with Gasteiger partial charge in [-0.25, -0.2) is 8.78 Å². The molecular formula is C11H11F2N3. The topological polar surface area (TPSA) is 30.7 Å². The minimum atomic E-state index is -0.494. The first-order valence-corrected chi connectivity index (χ1v) is 5.05. The lowest BCUT2D eigenvalue weighted by Gasteiger charge is -2.05. The third-order valence-corrected chi connectivity index (χ3v) is 2.25. The van der Waals surface area contributed by atoms with Crippen molar-refractivity contribution < 1.29 is 8.78 Å². The second-order valence-electron chi connectivity index (χ2n) is 3.47. The number of hydrogen-bond donors (Lipinski definition) is 0. The Labute approximate surface area is 91.7 Å². The van der Waals surface area contributed by atoms with Gasteiger partial charge in [-0.15, -0.1) is 10.2 Å². The summed E-state index contributed by atoms with van der Waals surface area (Å²) in [7, 11) is 0. The van der Waals surface area contributed by atoms with E-state index in [1.807, 2.05) is 6.92 Å². The monoisotopic (exact) mass is 223 g/mol.